The van der Waals surface area contributed by atoms with Crippen molar-refractivity contribution >= 4 is 27.4 Å². The summed E-state index contributed by atoms with van der Waals surface area (Å²) in [6.45, 7) is 3.10. The summed E-state index contributed by atoms with van der Waals surface area (Å²) >= 11 is 5.83. The molecule has 0 spiro atoms. The fraction of sp³-hybridized carbons (Fsp3) is 0.278. The summed E-state index contributed by atoms with van der Waals surface area (Å²) in [4.78, 5) is 11.5. The Kier molecular flexibility index (Phi) is 6.21. The van der Waals surface area contributed by atoms with Crippen LogP contribution < -0.4 is 0 Å². The molecule has 2 rings (SSSR count). The molecular weight excluding hydrogens is 364 g/mol. The molecule has 0 aromatic heterocycles. The molecule has 0 aliphatic heterocycles. The number of hydrogen-bond acceptors (Lipinski definition) is 4. The van der Waals surface area contributed by atoms with Gasteiger partial charge in [0.2, 0.25) is 0 Å². The van der Waals surface area contributed by atoms with Gasteiger partial charge < -0.3 is 9.84 Å². The van der Waals surface area contributed by atoms with Crippen LogP contribution in [0.15, 0.2) is 53.4 Å². The number of hydrogen-bond donors (Lipinski definition) is 1. The van der Waals surface area contributed by atoms with E-state index in [9.17, 15) is 18.3 Å². The van der Waals surface area contributed by atoms with Crippen LogP contribution >= 0.6 is 11.6 Å². The number of ether oxygens (including phenoxy) is 1. The number of aryl methyl sites for hydroxylation is 1. The first-order valence-corrected chi connectivity index (χ1v) is 9.54. The molecule has 0 heterocycles. The van der Waals surface area contributed by atoms with Crippen LogP contribution in [0.3, 0.4) is 0 Å². The molecule has 0 aliphatic rings. The molecule has 5 nitrogen and oxygen atoms in total. The van der Waals surface area contributed by atoms with E-state index >= 15 is 0 Å². The second kappa shape index (κ2) is 7.99. The minimum Gasteiger partial charge on any atom is -0.480 e. The number of sulfone groups is 1. The number of carboxylic acids is 1. The number of halogens is 1. The quantitative estimate of drug-likeness (QED) is 0.790. The van der Waals surface area contributed by atoms with Crippen LogP contribution in [0.25, 0.3) is 0 Å². The van der Waals surface area contributed by atoms with Gasteiger partial charge in [0.1, 0.15) is 0 Å². The fourth-order valence-electron chi connectivity index (χ4n) is 2.25. The Balaban J connectivity index is 2.16. The van der Waals surface area contributed by atoms with E-state index in [1.165, 1.54) is 12.1 Å². The Bertz CT molecular complexity index is 829. The van der Waals surface area contributed by atoms with Gasteiger partial charge in [-0.25, -0.2) is 8.42 Å². The zero-order chi connectivity index (χ0) is 18.6. The van der Waals surface area contributed by atoms with Gasteiger partial charge in [0.15, 0.2) is 15.1 Å². The molecule has 0 aliphatic carbocycles. The number of carbonyl (C=O) groups is 1. The average Bonchev–Trinajstić information content (AvgIpc) is 2.55. The Morgan fingerprint density at radius 3 is 2.20 bits per heavy atom. The molecule has 0 radical (unpaired) electrons. The predicted molar refractivity (Wildman–Crippen MR) is 95.6 cm³/mol. The van der Waals surface area contributed by atoms with E-state index in [0.717, 1.165) is 11.1 Å². The Morgan fingerprint density at radius 1 is 1.12 bits per heavy atom. The standard InChI is InChI=1S/C18H19ClO5S/c1-12-3-9-16(10-4-12)25(22,23)17(18(20)21)11-24-13(2)14-5-7-15(19)8-6-14/h3-10,13,17H,11H2,1-2H3,(H,20,21). The van der Waals surface area contributed by atoms with E-state index in [-0.39, 0.29) is 4.90 Å². The summed E-state index contributed by atoms with van der Waals surface area (Å²) in [5, 5.41) is 8.26. The van der Waals surface area contributed by atoms with Crippen molar-refractivity contribution in [1.82, 2.24) is 0 Å². The molecule has 2 aromatic carbocycles. The highest BCUT2D eigenvalue weighted by Gasteiger charge is 2.34. The van der Waals surface area contributed by atoms with Crippen LogP contribution in [0.5, 0.6) is 0 Å². The van der Waals surface area contributed by atoms with Gasteiger partial charge in [0, 0.05) is 5.02 Å². The third-order valence-electron chi connectivity index (χ3n) is 3.84. The highest BCUT2D eigenvalue weighted by Crippen LogP contribution is 2.22. The predicted octanol–water partition coefficient (Wildman–Crippen LogP) is 3.65. The molecule has 0 fully saturated rings. The van der Waals surface area contributed by atoms with E-state index < -0.39 is 33.8 Å². The largest absolute Gasteiger partial charge is 0.480 e. The first kappa shape index (κ1) is 19.4. The van der Waals surface area contributed by atoms with Gasteiger partial charge in [0.25, 0.3) is 0 Å². The third-order valence-corrected chi connectivity index (χ3v) is 6.10. The summed E-state index contributed by atoms with van der Waals surface area (Å²) in [5.41, 5.74) is 1.67. The topological polar surface area (TPSA) is 80.7 Å². The normalized spacial score (nSPS) is 14.0. The smallest absolute Gasteiger partial charge is 0.324 e. The van der Waals surface area contributed by atoms with Crippen LogP contribution in [-0.2, 0) is 19.4 Å². The molecule has 0 bridgehead atoms. The van der Waals surface area contributed by atoms with Crippen LogP contribution in [0, 0.1) is 6.92 Å². The second-order valence-corrected chi connectivity index (χ2v) is 8.28. The van der Waals surface area contributed by atoms with Crippen molar-refractivity contribution in [3.05, 3.63) is 64.7 Å². The van der Waals surface area contributed by atoms with E-state index in [1.807, 2.05) is 6.92 Å². The minimum atomic E-state index is -4.05. The third kappa shape index (κ3) is 4.81. The molecule has 0 saturated carbocycles. The van der Waals surface area contributed by atoms with E-state index in [4.69, 9.17) is 16.3 Å². The lowest BCUT2D eigenvalue weighted by atomic mass is 10.1. The van der Waals surface area contributed by atoms with Crippen LogP contribution in [-0.4, -0.2) is 31.4 Å². The molecule has 1 N–H and O–H groups in total. The summed E-state index contributed by atoms with van der Waals surface area (Å²) in [6, 6.07) is 12.9. The first-order chi connectivity index (χ1) is 11.7. The zero-order valence-corrected chi connectivity index (χ0v) is 15.4. The summed E-state index contributed by atoms with van der Waals surface area (Å²) in [6.07, 6.45) is -0.465. The van der Waals surface area contributed by atoms with E-state index in [0.29, 0.717) is 5.02 Å². The maximum absolute atomic E-state index is 12.6. The maximum Gasteiger partial charge on any atom is 0.324 e. The fourth-order valence-corrected chi connectivity index (χ4v) is 3.74. The Morgan fingerprint density at radius 2 is 1.68 bits per heavy atom. The molecule has 2 aromatic rings. The lowest BCUT2D eigenvalue weighted by Crippen LogP contribution is -2.35. The molecular formula is C18H19ClO5S. The van der Waals surface area contributed by atoms with Crippen molar-refractivity contribution in [1.29, 1.82) is 0 Å². The van der Waals surface area contributed by atoms with Gasteiger partial charge in [-0.3, -0.25) is 4.79 Å². The van der Waals surface area contributed by atoms with Crippen molar-refractivity contribution in [2.45, 2.75) is 30.1 Å². The highest BCUT2D eigenvalue weighted by atomic mass is 35.5. The van der Waals surface area contributed by atoms with Crippen molar-refractivity contribution in [2.24, 2.45) is 0 Å². The lowest BCUT2D eigenvalue weighted by molar-refractivity contribution is -0.138. The monoisotopic (exact) mass is 382 g/mol. The summed E-state index contributed by atoms with van der Waals surface area (Å²) in [7, 11) is -4.05. The number of rotatable bonds is 7. The molecule has 2 unspecified atom stereocenters. The molecule has 0 amide bonds. The van der Waals surface area contributed by atoms with Crippen molar-refractivity contribution in [2.75, 3.05) is 6.61 Å². The van der Waals surface area contributed by atoms with E-state index in [2.05, 4.69) is 0 Å². The van der Waals surface area contributed by atoms with E-state index in [1.54, 1.807) is 43.3 Å². The summed E-state index contributed by atoms with van der Waals surface area (Å²) < 4.78 is 30.7. The van der Waals surface area contributed by atoms with Crippen LogP contribution in [0.4, 0.5) is 0 Å². The number of carboxylic acid groups (broad SMARTS) is 1. The van der Waals surface area contributed by atoms with Crippen molar-refractivity contribution in [3.63, 3.8) is 0 Å². The minimum absolute atomic E-state index is 0.0340. The molecule has 7 heteroatoms. The first-order valence-electron chi connectivity index (χ1n) is 7.62. The Labute approximate surface area is 152 Å². The van der Waals surface area contributed by atoms with Gasteiger partial charge in [0.05, 0.1) is 17.6 Å². The molecule has 2 atom stereocenters. The summed E-state index contributed by atoms with van der Waals surface area (Å²) in [5.74, 6) is -1.44. The van der Waals surface area contributed by atoms with Gasteiger partial charge in [-0.15, -0.1) is 0 Å². The van der Waals surface area contributed by atoms with Gasteiger partial charge in [-0.2, -0.15) is 0 Å². The maximum atomic E-state index is 12.6. The molecule has 0 saturated heterocycles. The van der Waals surface area contributed by atoms with Gasteiger partial charge >= 0.3 is 5.97 Å². The molecule has 134 valence electrons. The van der Waals surface area contributed by atoms with Crippen molar-refractivity contribution < 1.29 is 23.1 Å². The number of benzene rings is 2. The number of aliphatic carboxylic acids is 1. The Hall–Kier alpha value is -1.89. The highest BCUT2D eigenvalue weighted by molar-refractivity contribution is 7.92. The van der Waals surface area contributed by atoms with Crippen molar-refractivity contribution in [3.8, 4) is 0 Å². The van der Waals surface area contributed by atoms with Crippen LogP contribution in [0.1, 0.15) is 24.2 Å². The average molecular weight is 383 g/mol. The molecule has 25 heavy (non-hydrogen) atoms. The SMILES string of the molecule is Cc1ccc(S(=O)(=O)C(COC(C)c2ccc(Cl)cc2)C(=O)O)cc1. The van der Waals surface area contributed by atoms with Gasteiger partial charge in [-0.05, 0) is 43.7 Å². The zero-order valence-electron chi connectivity index (χ0n) is 13.8. The second-order valence-electron chi connectivity index (χ2n) is 5.71. The van der Waals surface area contributed by atoms with Gasteiger partial charge in [-0.1, -0.05) is 41.4 Å². The van der Waals surface area contributed by atoms with Crippen LogP contribution in [0.2, 0.25) is 5.02 Å². The lowest BCUT2D eigenvalue weighted by Gasteiger charge is -2.18.